The summed E-state index contributed by atoms with van der Waals surface area (Å²) in [5, 5.41) is 8.95. The first-order chi connectivity index (χ1) is 11.9. The van der Waals surface area contributed by atoms with Gasteiger partial charge in [-0.05, 0) is 70.0 Å². The van der Waals surface area contributed by atoms with Gasteiger partial charge >= 0.3 is 6.09 Å². The van der Waals surface area contributed by atoms with Gasteiger partial charge in [0.15, 0.2) is 0 Å². The van der Waals surface area contributed by atoms with E-state index in [2.05, 4.69) is 33.8 Å². The molecule has 0 atom stereocenters. The number of rotatable bonds is 3. The Labute approximate surface area is 149 Å². The fourth-order valence-electron chi connectivity index (χ4n) is 3.27. The lowest BCUT2D eigenvalue weighted by molar-refractivity contribution is 0.0492. The summed E-state index contributed by atoms with van der Waals surface area (Å²) in [6.45, 7) is 5.65. The van der Waals surface area contributed by atoms with Crippen molar-refractivity contribution in [3.8, 4) is 0 Å². The van der Waals surface area contributed by atoms with Gasteiger partial charge in [0, 0.05) is 35.6 Å². The molecule has 1 heterocycles. The van der Waals surface area contributed by atoms with Crippen molar-refractivity contribution in [3.05, 3.63) is 36.7 Å². The number of benzene rings is 1. The Hall–Kier alpha value is -2.30. The third-order valence-corrected chi connectivity index (χ3v) is 4.46. The molecule has 1 amide bonds. The molecule has 0 unspecified atom stereocenters. The zero-order valence-corrected chi connectivity index (χ0v) is 15.2. The molecule has 134 valence electrons. The first kappa shape index (κ1) is 17.5. The molecule has 1 saturated carbocycles. The van der Waals surface area contributed by atoms with E-state index in [4.69, 9.17) is 4.74 Å². The Kier molecular flexibility index (Phi) is 5.11. The number of fused-ring (bicyclic) bond motifs is 1. The molecule has 0 spiro atoms. The highest BCUT2D eigenvalue weighted by molar-refractivity contribution is 5.84. The molecular weight excluding hydrogens is 314 g/mol. The van der Waals surface area contributed by atoms with Gasteiger partial charge in [-0.2, -0.15) is 0 Å². The molecule has 1 aliphatic rings. The van der Waals surface area contributed by atoms with E-state index in [1.807, 2.05) is 39.2 Å². The maximum absolute atomic E-state index is 11.9. The maximum Gasteiger partial charge on any atom is 0.407 e. The largest absolute Gasteiger partial charge is 0.444 e. The molecule has 1 aliphatic carbocycles. The lowest BCUT2D eigenvalue weighted by Gasteiger charge is -2.31. The number of anilines is 1. The van der Waals surface area contributed by atoms with E-state index in [1.165, 1.54) is 5.39 Å². The number of alkyl carbamates (subject to hydrolysis) is 1. The minimum absolute atomic E-state index is 0.204. The fourth-order valence-corrected chi connectivity index (χ4v) is 3.27. The van der Waals surface area contributed by atoms with Gasteiger partial charge in [0.1, 0.15) is 5.60 Å². The van der Waals surface area contributed by atoms with Crippen LogP contribution in [-0.4, -0.2) is 28.8 Å². The molecule has 1 aromatic carbocycles. The summed E-state index contributed by atoms with van der Waals surface area (Å²) in [7, 11) is 0. The van der Waals surface area contributed by atoms with Gasteiger partial charge in [0.25, 0.3) is 0 Å². The molecule has 5 heteroatoms. The summed E-state index contributed by atoms with van der Waals surface area (Å²) in [4.78, 5) is 16.0. The number of nitrogens with one attached hydrogen (secondary N) is 2. The van der Waals surface area contributed by atoms with Gasteiger partial charge in [-0.15, -0.1) is 0 Å². The van der Waals surface area contributed by atoms with Crippen molar-refractivity contribution in [1.82, 2.24) is 10.3 Å². The van der Waals surface area contributed by atoms with Gasteiger partial charge in [-0.3, -0.25) is 4.98 Å². The van der Waals surface area contributed by atoms with E-state index >= 15 is 0 Å². The predicted octanol–water partition coefficient (Wildman–Crippen LogP) is 4.48. The number of ether oxygens (including phenoxy) is 1. The van der Waals surface area contributed by atoms with Gasteiger partial charge in [0.05, 0.1) is 0 Å². The Morgan fingerprint density at radius 2 is 1.80 bits per heavy atom. The zero-order chi connectivity index (χ0) is 17.9. The molecule has 25 heavy (non-hydrogen) atoms. The Balaban J connectivity index is 1.49. The van der Waals surface area contributed by atoms with Crippen LogP contribution in [-0.2, 0) is 4.74 Å². The number of amides is 1. The van der Waals surface area contributed by atoms with Crippen LogP contribution in [0.4, 0.5) is 10.5 Å². The van der Waals surface area contributed by atoms with Crippen molar-refractivity contribution < 1.29 is 9.53 Å². The van der Waals surface area contributed by atoms with Crippen molar-refractivity contribution in [2.24, 2.45) is 0 Å². The molecule has 0 aliphatic heterocycles. The fraction of sp³-hybridized carbons (Fsp3) is 0.500. The molecule has 2 aromatic rings. The van der Waals surface area contributed by atoms with E-state index < -0.39 is 5.60 Å². The van der Waals surface area contributed by atoms with Crippen LogP contribution in [0.15, 0.2) is 36.7 Å². The highest BCUT2D eigenvalue weighted by Gasteiger charge is 2.24. The van der Waals surface area contributed by atoms with Crippen LogP contribution >= 0.6 is 0 Å². The SMILES string of the molecule is CC(C)(C)OC(=O)NC1CCC(Nc2ccc3cnccc3c2)CC1. The van der Waals surface area contributed by atoms with Crippen molar-refractivity contribution in [2.45, 2.75) is 64.1 Å². The van der Waals surface area contributed by atoms with Crippen LogP contribution in [0.1, 0.15) is 46.5 Å². The highest BCUT2D eigenvalue weighted by Crippen LogP contribution is 2.24. The quantitative estimate of drug-likeness (QED) is 0.864. The summed E-state index contributed by atoms with van der Waals surface area (Å²) in [6, 6.07) is 9.05. The molecular formula is C20H27N3O2. The smallest absolute Gasteiger partial charge is 0.407 e. The first-order valence-electron chi connectivity index (χ1n) is 8.99. The summed E-state index contributed by atoms with van der Waals surface area (Å²) in [6.07, 6.45) is 7.39. The van der Waals surface area contributed by atoms with Gasteiger partial charge in [-0.1, -0.05) is 6.07 Å². The van der Waals surface area contributed by atoms with Gasteiger partial charge < -0.3 is 15.4 Å². The maximum atomic E-state index is 11.9. The minimum Gasteiger partial charge on any atom is -0.444 e. The molecule has 0 saturated heterocycles. The van der Waals surface area contributed by atoms with E-state index in [9.17, 15) is 4.79 Å². The van der Waals surface area contributed by atoms with E-state index in [0.717, 1.165) is 36.8 Å². The second-order valence-corrected chi connectivity index (χ2v) is 7.78. The van der Waals surface area contributed by atoms with Crippen LogP contribution in [0.2, 0.25) is 0 Å². The lowest BCUT2D eigenvalue weighted by Crippen LogP contribution is -2.42. The average molecular weight is 341 g/mol. The molecule has 1 fully saturated rings. The van der Waals surface area contributed by atoms with Crippen LogP contribution in [0.25, 0.3) is 10.8 Å². The number of aromatic nitrogens is 1. The topological polar surface area (TPSA) is 63.2 Å². The normalized spacial score (nSPS) is 20.9. The third kappa shape index (κ3) is 5.08. The van der Waals surface area contributed by atoms with E-state index in [0.29, 0.717) is 6.04 Å². The third-order valence-electron chi connectivity index (χ3n) is 4.46. The zero-order valence-electron chi connectivity index (χ0n) is 15.2. The highest BCUT2D eigenvalue weighted by atomic mass is 16.6. The van der Waals surface area contributed by atoms with Crippen LogP contribution in [0.3, 0.4) is 0 Å². The Morgan fingerprint density at radius 1 is 1.08 bits per heavy atom. The second kappa shape index (κ2) is 7.30. The summed E-state index contributed by atoms with van der Waals surface area (Å²) >= 11 is 0. The standard InChI is InChI=1S/C20H27N3O2/c1-20(2,3)25-19(24)23-17-8-6-16(7-9-17)22-18-5-4-15-13-21-11-10-14(15)12-18/h4-5,10-13,16-17,22H,6-9H2,1-3H3,(H,23,24). The number of carbonyl (C=O) groups is 1. The van der Waals surface area contributed by atoms with Crippen molar-refractivity contribution in [3.63, 3.8) is 0 Å². The van der Waals surface area contributed by atoms with Crippen LogP contribution in [0.5, 0.6) is 0 Å². The lowest BCUT2D eigenvalue weighted by atomic mass is 9.91. The number of hydrogen-bond acceptors (Lipinski definition) is 4. The average Bonchev–Trinajstić information content (AvgIpc) is 2.55. The Bertz CT molecular complexity index is 731. The molecule has 5 nitrogen and oxygen atoms in total. The van der Waals surface area contributed by atoms with Crippen molar-refractivity contribution in [2.75, 3.05) is 5.32 Å². The number of pyridine rings is 1. The molecule has 0 radical (unpaired) electrons. The Morgan fingerprint density at radius 3 is 2.52 bits per heavy atom. The van der Waals surface area contributed by atoms with E-state index in [1.54, 1.807) is 0 Å². The van der Waals surface area contributed by atoms with Gasteiger partial charge in [0.2, 0.25) is 0 Å². The number of carbonyl (C=O) groups excluding carboxylic acids is 1. The van der Waals surface area contributed by atoms with E-state index in [-0.39, 0.29) is 12.1 Å². The second-order valence-electron chi connectivity index (χ2n) is 7.78. The molecule has 0 bridgehead atoms. The number of nitrogens with zero attached hydrogens (tertiary/aromatic N) is 1. The molecule has 1 aromatic heterocycles. The minimum atomic E-state index is -0.450. The summed E-state index contributed by atoms with van der Waals surface area (Å²) < 4.78 is 5.33. The van der Waals surface area contributed by atoms with Gasteiger partial charge in [-0.25, -0.2) is 4.79 Å². The molecule has 2 N–H and O–H groups in total. The number of hydrogen-bond donors (Lipinski definition) is 2. The summed E-state index contributed by atoms with van der Waals surface area (Å²) in [5.41, 5.74) is 0.691. The monoisotopic (exact) mass is 341 g/mol. The molecule has 3 rings (SSSR count). The van der Waals surface area contributed by atoms with Crippen molar-refractivity contribution >= 4 is 22.6 Å². The summed E-state index contributed by atoms with van der Waals surface area (Å²) in [5.74, 6) is 0. The predicted molar refractivity (Wildman–Crippen MR) is 101 cm³/mol. The first-order valence-corrected chi connectivity index (χ1v) is 8.99. The van der Waals surface area contributed by atoms with Crippen LogP contribution in [0, 0.1) is 0 Å². The van der Waals surface area contributed by atoms with Crippen LogP contribution < -0.4 is 10.6 Å². The van der Waals surface area contributed by atoms with Crippen molar-refractivity contribution in [1.29, 1.82) is 0 Å².